The molecule has 0 unspecified atom stereocenters. The lowest BCUT2D eigenvalue weighted by Gasteiger charge is -2.06. The summed E-state index contributed by atoms with van der Waals surface area (Å²) in [7, 11) is 0. The zero-order valence-corrected chi connectivity index (χ0v) is 12.0. The largest absolute Gasteiger partial charge is 0.478 e. The number of nitrogens with one attached hydrogen (secondary N) is 1. The number of carbonyl (C=O) groups is 2. The highest BCUT2D eigenvalue weighted by atomic mass is 35.5. The van der Waals surface area contributed by atoms with Gasteiger partial charge in [-0.15, -0.1) is 11.3 Å². The molecule has 2 rings (SSSR count). The molecule has 0 saturated carbocycles. The van der Waals surface area contributed by atoms with E-state index >= 15 is 0 Å². The van der Waals surface area contributed by atoms with Crippen LogP contribution in [0.5, 0.6) is 0 Å². The lowest BCUT2D eigenvalue weighted by molar-refractivity contribution is -0.131. The lowest BCUT2D eigenvalue weighted by atomic mass is 10.1. The van der Waals surface area contributed by atoms with E-state index in [-0.39, 0.29) is 5.56 Å². The van der Waals surface area contributed by atoms with Gasteiger partial charge in [-0.05, 0) is 35.7 Å². The molecule has 108 valence electrons. The van der Waals surface area contributed by atoms with Gasteiger partial charge in [0.15, 0.2) is 0 Å². The smallest absolute Gasteiger partial charge is 0.328 e. The summed E-state index contributed by atoms with van der Waals surface area (Å²) in [5.74, 6) is -2.18. The van der Waals surface area contributed by atoms with Crippen molar-refractivity contribution in [2.24, 2.45) is 0 Å². The van der Waals surface area contributed by atoms with E-state index in [1.807, 2.05) is 0 Å². The Labute approximate surface area is 128 Å². The number of amides is 1. The van der Waals surface area contributed by atoms with Crippen LogP contribution in [-0.4, -0.2) is 17.0 Å². The minimum Gasteiger partial charge on any atom is -0.478 e. The quantitative estimate of drug-likeness (QED) is 0.838. The van der Waals surface area contributed by atoms with E-state index in [1.54, 1.807) is 11.4 Å². The normalized spacial score (nSPS) is 10.8. The van der Waals surface area contributed by atoms with E-state index in [0.717, 1.165) is 18.2 Å². The van der Waals surface area contributed by atoms with Crippen molar-refractivity contribution in [2.75, 3.05) is 5.32 Å². The minimum atomic E-state index is -1.19. The van der Waals surface area contributed by atoms with E-state index in [0.29, 0.717) is 15.6 Å². The molecule has 0 aliphatic carbocycles. The van der Waals surface area contributed by atoms with E-state index in [2.05, 4.69) is 5.32 Å². The summed E-state index contributed by atoms with van der Waals surface area (Å²) >= 11 is 7.04. The fourth-order valence-corrected chi connectivity index (χ4v) is 2.59. The highest BCUT2D eigenvalue weighted by molar-refractivity contribution is 7.12. The van der Waals surface area contributed by atoms with E-state index in [4.69, 9.17) is 16.7 Å². The fourth-order valence-electron chi connectivity index (χ4n) is 1.55. The van der Waals surface area contributed by atoms with E-state index in [1.165, 1.54) is 23.5 Å². The van der Waals surface area contributed by atoms with Gasteiger partial charge in [-0.3, -0.25) is 4.79 Å². The second kappa shape index (κ2) is 6.51. The summed E-state index contributed by atoms with van der Waals surface area (Å²) < 4.78 is 13.5. The summed E-state index contributed by atoms with van der Waals surface area (Å²) in [5.41, 5.74) is 0.406. The van der Waals surface area contributed by atoms with Gasteiger partial charge >= 0.3 is 5.97 Å². The van der Waals surface area contributed by atoms with Crippen molar-refractivity contribution in [1.82, 2.24) is 0 Å². The van der Waals surface area contributed by atoms with Crippen LogP contribution in [0.2, 0.25) is 5.02 Å². The molecule has 0 fully saturated rings. The maximum atomic E-state index is 13.5. The van der Waals surface area contributed by atoms with Gasteiger partial charge in [-0.2, -0.15) is 0 Å². The third-order valence-corrected chi connectivity index (χ3v) is 3.82. The van der Waals surface area contributed by atoms with Crippen molar-refractivity contribution in [1.29, 1.82) is 0 Å². The Morgan fingerprint density at radius 1 is 1.33 bits per heavy atom. The fraction of sp³-hybridized carbons (Fsp3) is 0. The molecular weight excluding hydrogens is 317 g/mol. The van der Waals surface area contributed by atoms with Gasteiger partial charge in [0, 0.05) is 17.3 Å². The van der Waals surface area contributed by atoms with Crippen molar-refractivity contribution in [3.63, 3.8) is 0 Å². The van der Waals surface area contributed by atoms with E-state index in [9.17, 15) is 14.0 Å². The van der Waals surface area contributed by atoms with Gasteiger partial charge in [0.05, 0.1) is 5.02 Å². The molecule has 2 aromatic rings. The number of carboxylic acids is 1. The number of carboxylic acid groups (broad SMARTS) is 1. The van der Waals surface area contributed by atoms with Crippen LogP contribution < -0.4 is 5.32 Å². The summed E-state index contributed by atoms with van der Waals surface area (Å²) in [4.78, 5) is 22.8. The first-order valence-electron chi connectivity index (χ1n) is 5.72. The standard InChI is InChI=1S/C14H9ClFNO3S/c15-10-5-6-21-13(10)14(20)17-9-2-3-11(16)8(7-9)1-4-12(18)19/h1-7H,(H,17,20)(H,18,19)/b4-1+. The van der Waals surface area contributed by atoms with Crippen LogP contribution >= 0.6 is 22.9 Å². The maximum absolute atomic E-state index is 13.5. The van der Waals surface area contributed by atoms with Crippen LogP contribution in [0, 0.1) is 5.82 Å². The molecule has 0 bridgehead atoms. The average Bonchev–Trinajstić information content (AvgIpc) is 2.85. The molecule has 4 nitrogen and oxygen atoms in total. The Morgan fingerprint density at radius 2 is 2.10 bits per heavy atom. The van der Waals surface area contributed by atoms with Gasteiger partial charge in [0.25, 0.3) is 5.91 Å². The summed E-state index contributed by atoms with van der Waals surface area (Å²) in [6.45, 7) is 0. The number of anilines is 1. The zero-order valence-electron chi connectivity index (χ0n) is 10.5. The molecule has 0 atom stereocenters. The Balaban J connectivity index is 2.21. The van der Waals surface area contributed by atoms with Crippen molar-refractivity contribution in [3.05, 3.63) is 57.0 Å². The highest BCUT2D eigenvalue weighted by Gasteiger charge is 2.12. The number of halogens is 2. The van der Waals surface area contributed by atoms with E-state index < -0.39 is 17.7 Å². The topological polar surface area (TPSA) is 66.4 Å². The second-order valence-electron chi connectivity index (χ2n) is 3.96. The molecular formula is C14H9ClFNO3S. The van der Waals surface area contributed by atoms with Crippen molar-refractivity contribution in [2.45, 2.75) is 0 Å². The van der Waals surface area contributed by atoms with Crippen molar-refractivity contribution < 1.29 is 19.1 Å². The van der Waals surface area contributed by atoms with Crippen molar-refractivity contribution >= 4 is 46.6 Å². The summed E-state index contributed by atoms with van der Waals surface area (Å²) in [6.07, 6.45) is 1.94. The molecule has 0 aliphatic rings. The molecule has 0 spiro atoms. The number of benzene rings is 1. The molecule has 1 aromatic heterocycles. The molecule has 0 radical (unpaired) electrons. The lowest BCUT2D eigenvalue weighted by Crippen LogP contribution is -2.10. The van der Waals surface area contributed by atoms with Gasteiger partial charge in [0.2, 0.25) is 0 Å². The van der Waals surface area contributed by atoms with Gasteiger partial charge in [0.1, 0.15) is 10.7 Å². The third kappa shape index (κ3) is 3.90. The molecule has 1 amide bonds. The Bertz CT molecular complexity index is 727. The molecule has 7 heteroatoms. The van der Waals surface area contributed by atoms with Crippen LogP contribution in [0.15, 0.2) is 35.7 Å². The average molecular weight is 326 g/mol. The molecule has 2 N–H and O–H groups in total. The summed E-state index contributed by atoms with van der Waals surface area (Å²) in [5, 5.41) is 13.1. The minimum absolute atomic E-state index is 0.0625. The summed E-state index contributed by atoms with van der Waals surface area (Å²) in [6, 6.07) is 5.47. The number of carbonyl (C=O) groups excluding carboxylic acids is 1. The molecule has 0 saturated heterocycles. The number of hydrogen-bond donors (Lipinski definition) is 2. The van der Waals surface area contributed by atoms with Gasteiger partial charge in [-0.1, -0.05) is 11.6 Å². The first-order valence-corrected chi connectivity index (χ1v) is 6.98. The number of thiophene rings is 1. The third-order valence-electron chi connectivity index (χ3n) is 2.48. The molecule has 21 heavy (non-hydrogen) atoms. The predicted molar refractivity (Wildman–Crippen MR) is 80.4 cm³/mol. The SMILES string of the molecule is O=C(O)/C=C/c1cc(NC(=O)c2sccc2Cl)ccc1F. The second-order valence-corrected chi connectivity index (χ2v) is 5.28. The molecule has 1 aromatic carbocycles. The van der Waals surface area contributed by atoms with Crippen LogP contribution in [0.4, 0.5) is 10.1 Å². The number of aliphatic carboxylic acids is 1. The van der Waals surface area contributed by atoms with Crippen LogP contribution in [-0.2, 0) is 4.79 Å². The van der Waals surface area contributed by atoms with Crippen LogP contribution in [0.25, 0.3) is 6.08 Å². The Hall–Kier alpha value is -2.18. The Kier molecular flexibility index (Phi) is 4.72. The van der Waals surface area contributed by atoms with Gasteiger partial charge < -0.3 is 10.4 Å². The highest BCUT2D eigenvalue weighted by Crippen LogP contribution is 2.24. The van der Waals surface area contributed by atoms with Gasteiger partial charge in [-0.25, -0.2) is 9.18 Å². The monoisotopic (exact) mass is 325 g/mol. The predicted octanol–water partition coefficient (Wildman–Crippen LogP) is 3.89. The maximum Gasteiger partial charge on any atom is 0.328 e. The molecule has 1 heterocycles. The Morgan fingerprint density at radius 3 is 2.71 bits per heavy atom. The van der Waals surface area contributed by atoms with Crippen LogP contribution in [0.3, 0.4) is 0 Å². The number of hydrogen-bond acceptors (Lipinski definition) is 3. The number of rotatable bonds is 4. The zero-order chi connectivity index (χ0) is 15.4. The van der Waals surface area contributed by atoms with Crippen molar-refractivity contribution in [3.8, 4) is 0 Å². The first kappa shape index (κ1) is 15.2. The van der Waals surface area contributed by atoms with Crippen LogP contribution in [0.1, 0.15) is 15.2 Å². The molecule has 0 aliphatic heterocycles. The first-order chi connectivity index (χ1) is 9.97.